The van der Waals surface area contributed by atoms with E-state index in [2.05, 4.69) is 73.2 Å². The molecule has 0 aliphatic rings. The molecule has 2 heteroatoms. The first-order chi connectivity index (χ1) is 9.81. The van der Waals surface area contributed by atoms with Gasteiger partial charge < -0.3 is 10.9 Å². The van der Waals surface area contributed by atoms with E-state index in [0.29, 0.717) is 0 Å². The highest BCUT2D eigenvalue weighted by atomic mass is 15.4. The first-order valence-corrected chi connectivity index (χ1v) is 7.51. The van der Waals surface area contributed by atoms with Crippen LogP contribution in [0.3, 0.4) is 0 Å². The molecular weight excluding hydrogens is 244 g/mol. The van der Waals surface area contributed by atoms with Crippen molar-refractivity contribution < 1.29 is 0 Å². The summed E-state index contributed by atoms with van der Waals surface area (Å²) in [4.78, 5) is 0. The molecule has 0 fully saturated rings. The molecule has 0 aliphatic heterocycles. The monoisotopic (exact) mass is 268 g/mol. The SMILES string of the molecule is CCCCc1cccc(NNc2cccc(CC)c2)c1. The molecule has 0 radical (unpaired) electrons. The molecule has 2 N–H and O–H groups in total. The number of rotatable bonds is 7. The Kier molecular flexibility index (Phi) is 5.48. The zero-order valence-electron chi connectivity index (χ0n) is 12.4. The Morgan fingerprint density at radius 2 is 1.40 bits per heavy atom. The summed E-state index contributed by atoms with van der Waals surface area (Å²) < 4.78 is 0. The van der Waals surface area contributed by atoms with Crippen LogP contribution in [0.5, 0.6) is 0 Å². The summed E-state index contributed by atoms with van der Waals surface area (Å²) in [6, 6.07) is 17.1. The Balaban J connectivity index is 1.95. The molecular formula is C18H24N2. The summed E-state index contributed by atoms with van der Waals surface area (Å²) in [6.07, 6.45) is 4.69. The Hall–Kier alpha value is -1.96. The third kappa shape index (κ3) is 4.30. The van der Waals surface area contributed by atoms with Gasteiger partial charge in [-0.25, -0.2) is 0 Å². The maximum atomic E-state index is 3.28. The third-order valence-electron chi connectivity index (χ3n) is 3.43. The van der Waals surface area contributed by atoms with E-state index in [1.165, 1.54) is 24.0 Å². The predicted molar refractivity (Wildman–Crippen MR) is 88.1 cm³/mol. The van der Waals surface area contributed by atoms with Crippen molar-refractivity contribution in [1.29, 1.82) is 0 Å². The zero-order valence-corrected chi connectivity index (χ0v) is 12.4. The molecule has 0 heterocycles. The lowest BCUT2D eigenvalue weighted by Crippen LogP contribution is -2.08. The number of anilines is 2. The fraction of sp³-hybridized carbons (Fsp3) is 0.333. The first kappa shape index (κ1) is 14.4. The molecule has 0 atom stereocenters. The second-order valence-electron chi connectivity index (χ2n) is 5.11. The smallest absolute Gasteiger partial charge is 0.0542 e. The van der Waals surface area contributed by atoms with E-state index in [1.54, 1.807) is 0 Å². The van der Waals surface area contributed by atoms with E-state index < -0.39 is 0 Å². The van der Waals surface area contributed by atoms with Crippen LogP contribution in [0.2, 0.25) is 0 Å². The molecule has 0 aromatic heterocycles. The van der Waals surface area contributed by atoms with E-state index in [-0.39, 0.29) is 0 Å². The Bertz CT molecular complexity index is 534. The molecule has 0 saturated heterocycles. The van der Waals surface area contributed by atoms with Gasteiger partial charge in [-0.05, 0) is 54.7 Å². The van der Waals surface area contributed by atoms with E-state index in [1.807, 2.05) is 0 Å². The van der Waals surface area contributed by atoms with E-state index in [0.717, 1.165) is 24.2 Å². The summed E-state index contributed by atoms with van der Waals surface area (Å²) in [6.45, 7) is 4.40. The highest BCUT2D eigenvalue weighted by molar-refractivity contribution is 5.54. The normalized spacial score (nSPS) is 10.3. The maximum absolute atomic E-state index is 3.28. The van der Waals surface area contributed by atoms with Crippen molar-refractivity contribution in [2.45, 2.75) is 39.5 Å². The van der Waals surface area contributed by atoms with Crippen molar-refractivity contribution in [1.82, 2.24) is 0 Å². The van der Waals surface area contributed by atoms with Crippen LogP contribution in [-0.4, -0.2) is 0 Å². The van der Waals surface area contributed by atoms with Crippen LogP contribution in [-0.2, 0) is 12.8 Å². The highest BCUT2D eigenvalue weighted by Gasteiger charge is 1.97. The van der Waals surface area contributed by atoms with Gasteiger partial charge >= 0.3 is 0 Å². The van der Waals surface area contributed by atoms with Gasteiger partial charge in [0, 0.05) is 0 Å². The zero-order chi connectivity index (χ0) is 14.2. The number of nitrogens with one attached hydrogen (secondary N) is 2. The van der Waals surface area contributed by atoms with E-state index in [4.69, 9.17) is 0 Å². The molecule has 20 heavy (non-hydrogen) atoms. The van der Waals surface area contributed by atoms with Crippen molar-refractivity contribution in [2.24, 2.45) is 0 Å². The summed E-state index contributed by atoms with van der Waals surface area (Å²) in [5, 5.41) is 0. The summed E-state index contributed by atoms with van der Waals surface area (Å²) in [7, 11) is 0. The Morgan fingerprint density at radius 1 is 0.800 bits per heavy atom. The fourth-order valence-electron chi connectivity index (χ4n) is 2.20. The standard InChI is InChI=1S/C18H24N2/c1-3-5-8-16-10-7-12-18(14-16)20-19-17-11-6-9-15(4-2)13-17/h6-7,9-14,19-20H,3-5,8H2,1-2H3. The number of hydrogen-bond donors (Lipinski definition) is 2. The lowest BCUT2D eigenvalue weighted by molar-refractivity contribution is 0.795. The van der Waals surface area contributed by atoms with Crippen LogP contribution in [0.1, 0.15) is 37.8 Å². The molecule has 2 rings (SSSR count). The van der Waals surface area contributed by atoms with Gasteiger partial charge in [-0.1, -0.05) is 44.5 Å². The lowest BCUT2D eigenvalue weighted by atomic mass is 10.1. The van der Waals surface area contributed by atoms with Crippen molar-refractivity contribution >= 4 is 11.4 Å². The minimum absolute atomic E-state index is 1.06. The van der Waals surface area contributed by atoms with E-state index >= 15 is 0 Å². The first-order valence-electron chi connectivity index (χ1n) is 7.51. The van der Waals surface area contributed by atoms with E-state index in [9.17, 15) is 0 Å². The molecule has 2 aromatic carbocycles. The molecule has 0 bridgehead atoms. The summed E-state index contributed by atoms with van der Waals surface area (Å²) in [5.41, 5.74) is 11.5. The second kappa shape index (κ2) is 7.59. The van der Waals surface area contributed by atoms with Crippen LogP contribution in [0.25, 0.3) is 0 Å². The van der Waals surface area contributed by atoms with Crippen molar-refractivity contribution in [3.8, 4) is 0 Å². The quantitative estimate of drug-likeness (QED) is 0.688. The van der Waals surface area contributed by atoms with Gasteiger partial charge in [0.15, 0.2) is 0 Å². The van der Waals surface area contributed by atoms with Crippen LogP contribution in [0.4, 0.5) is 11.4 Å². The number of benzene rings is 2. The van der Waals surface area contributed by atoms with Gasteiger partial charge in [-0.15, -0.1) is 0 Å². The Morgan fingerprint density at radius 3 is 2.00 bits per heavy atom. The van der Waals surface area contributed by atoms with Crippen molar-refractivity contribution in [2.75, 3.05) is 10.9 Å². The predicted octanol–water partition coefficient (Wildman–Crippen LogP) is 5.03. The molecule has 0 aliphatic carbocycles. The molecule has 0 amide bonds. The number of unbranched alkanes of at least 4 members (excludes halogenated alkanes) is 1. The minimum Gasteiger partial charge on any atom is -0.301 e. The van der Waals surface area contributed by atoms with Gasteiger partial charge in [-0.3, -0.25) is 0 Å². The molecule has 2 nitrogen and oxygen atoms in total. The van der Waals surface area contributed by atoms with Crippen LogP contribution < -0.4 is 10.9 Å². The molecule has 0 spiro atoms. The highest BCUT2D eigenvalue weighted by Crippen LogP contribution is 2.15. The van der Waals surface area contributed by atoms with Crippen LogP contribution >= 0.6 is 0 Å². The van der Waals surface area contributed by atoms with Gasteiger partial charge in [-0.2, -0.15) is 0 Å². The topological polar surface area (TPSA) is 24.1 Å². The van der Waals surface area contributed by atoms with Gasteiger partial charge in [0.1, 0.15) is 0 Å². The molecule has 0 saturated carbocycles. The van der Waals surface area contributed by atoms with Crippen LogP contribution in [0.15, 0.2) is 48.5 Å². The third-order valence-corrected chi connectivity index (χ3v) is 3.43. The largest absolute Gasteiger partial charge is 0.301 e. The Labute approximate surface area is 122 Å². The van der Waals surface area contributed by atoms with Gasteiger partial charge in [0.05, 0.1) is 11.4 Å². The number of hydrogen-bond acceptors (Lipinski definition) is 2. The second-order valence-corrected chi connectivity index (χ2v) is 5.11. The summed E-state index contributed by atoms with van der Waals surface area (Å²) >= 11 is 0. The average molecular weight is 268 g/mol. The van der Waals surface area contributed by atoms with Gasteiger partial charge in [0.2, 0.25) is 0 Å². The van der Waals surface area contributed by atoms with Crippen LogP contribution in [0, 0.1) is 0 Å². The average Bonchev–Trinajstić information content (AvgIpc) is 2.51. The molecule has 2 aromatic rings. The van der Waals surface area contributed by atoms with Crippen molar-refractivity contribution in [3.05, 3.63) is 59.7 Å². The van der Waals surface area contributed by atoms with Gasteiger partial charge in [0.25, 0.3) is 0 Å². The molecule has 106 valence electrons. The summed E-state index contributed by atoms with van der Waals surface area (Å²) in [5.74, 6) is 0. The number of aryl methyl sites for hydroxylation is 2. The lowest BCUT2D eigenvalue weighted by Gasteiger charge is -2.11. The number of hydrazine groups is 1. The maximum Gasteiger partial charge on any atom is 0.0542 e. The van der Waals surface area contributed by atoms with Crippen molar-refractivity contribution in [3.63, 3.8) is 0 Å². The minimum atomic E-state index is 1.06. The fourth-order valence-corrected chi connectivity index (χ4v) is 2.20. The molecule has 0 unspecified atom stereocenters.